The Balaban J connectivity index is 1.79. The van der Waals surface area contributed by atoms with Crippen molar-refractivity contribution in [1.82, 2.24) is 10.3 Å². The molecule has 1 aromatic heterocycles. The van der Waals surface area contributed by atoms with Crippen LogP contribution >= 0.6 is 23.2 Å². The molecule has 8 heteroatoms. The third-order valence-electron chi connectivity index (χ3n) is 3.81. The summed E-state index contributed by atoms with van der Waals surface area (Å²) in [5.74, 6) is -1.24. The lowest BCUT2D eigenvalue weighted by Crippen LogP contribution is -2.29. The Kier molecular flexibility index (Phi) is 5.78. The first-order chi connectivity index (χ1) is 12.9. The predicted octanol–water partition coefficient (Wildman–Crippen LogP) is 3.97. The van der Waals surface area contributed by atoms with E-state index in [9.17, 15) is 14.7 Å². The van der Waals surface area contributed by atoms with Gasteiger partial charge in [-0.2, -0.15) is 0 Å². The Morgan fingerprint density at radius 1 is 1.07 bits per heavy atom. The normalized spacial score (nSPS) is 10.6. The first kappa shape index (κ1) is 18.9. The summed E-state index contributed by atoms with van der Waals surface area (Å²) in [6.45, 7) is 0.304. The molecule has 0 atom stereocenters. The zero-order valence-corrected chi connectivity index (χ0v) is 15.5. The summed E-state index contributed by atoms with van der Waals surface area (Å²) in [4.78, 5) is 27.5. The standard InChI is InChI=1S/C19H15Cl2N3O3/c20-13-6-12-7-15(19(26)27)24-18(17(12)14(21)8-13)23-10-16(25)22-9-11-4-2-1-3-5-11/h1-8H,9-10H2,(H,22,25)(H,23,24)(H,26,27). The summed E-state index contributed by atoms with van der Waals surface area (Å²) >= 11 is 12.2. The molecule has 0 aliphatic carbocycles. The second-order valence-electron chi connectivity index (χ2n) is 5.76. The van der Waals surface area contributed by atoms with Crippen molar-refractivity contribution in [2.24, 2.45) is 0 Å². The molecule has 0 radical (unpaired) electrons. The highest BCUT2D eigenvalue weighted by molar-refractivity contribution is 6.39. The van der Waals surface area contributed by atoms with Crippen LogP contribution in [0.1, 0.15) is 16.1 Å². The molecule has 0 aliphatic rings. The monoisotopic (exact) mass is 403 g/mol. The zero-order chi connectivity index (χ0) is 19.4. The van der Waals surface area contributed by atoms with Gasteiger partial charge in [-0.15, -0.1) is 0 Å². The molecule has 27 heavy (non-hydrogen) atoms. The summed E-state index contributed by atoms with van der Waals surface area (Å²) in [5, 5.41) is 16.6. The number of amides is 1. The topological polar surface area (TPSA) is 91.3 Å². The molecular weight excluding hydrogens is 389 g/mol. The number of benzene rings is 2. The number of carboxylic acids is 1. The highest BCUT2D eigenvalue weighted by Crippen LogP contribution is 2.33. The Hall–Kier alpha value is -2.83. The minimum absolute atomic E-state index is 0.0863. The fraction of sp³-hybridized carbons (Fsp3) is 0.105. The van der Waals surface area contributed by atoms with Crippen molar-refractivity contribution in [2.45, 2.75) is 6.54 Å². The number of aromatic nitrogens is 1. The van der Waals surface area contributed by atoms with E-state index in [-0.39, 0.29) is 24.0 Å². The molecule has 3 N–H and O–H groups in total. The van der Waals surface area contributed by atoms with Gasteiger partial charge in [0.05, 0.1) is 11.6 Å². The number of pyridine rings is 1. The molecule has 0 unspecified atom stereocenters. The van der Waals surface area contributed by atoms with Crippen molar-refractivity contribution < 1.29 is 14.7 Å². The van der Waals surface area contributed by atoms with E-state index in [0.29, 0.717) is 27.4 Å². The molecule has 0 fully saturated rings. The Labute approximate surface area is 165 Å². The maximum Gasteiger partial charge on any atom is 0.354 e. The smallest absolute Gasteiger partial charge is 0.354 e. The number of rotatable bonds is 6. The molecule has 0 bridgehead atoms. The quantitative estimate of drug-likeness (QED) is 0.579. The first-order valence-corrected chi connectivity index (χ1v) is 8.77. The average Bonchev–Trinajstić information content (AvgIpc) is 2.64. The third-order valence-corrected chi connectivity index (χ3v) is 4.33. The number of aromatic carboxylic acids is 1. The van der Waals surface area contributed by atoms with Crippen LogP contribution in [0, 0.1) is 0 Å². The lowest BCUT2D eigenvalue weighted by Gasteiger charge is -2.12. The molecular formula is C19H15Cl2N3O3. The molecule has 138 valence electrons. The van der Waals surface area contributed by atoms with Crippen LogP contribution in [-0.4, -0.2) is 28.5 Å². The summed E-state index contributed by atoms with van der Waals surface area (Å²) in [7, 11) is 0. The fourth-order valence-electron chi connectivity index (χ4n) is 2.57. The van der Waals surface area contributed by atoms with Gasteiger partial charge in [0.1, 0.15) is 5.82 Å². The second kappa shape index (κ2) is 8.24. The van der Waals surface area contributed by atoms with Crippen molar-refractivity contribution >= 4 is 51.7 Å². The van der Waals surface area contributed by atoms with E-state index in [2.05, 4.69) is 15.6 Å². The zero-order valence-electron chi connectivity index (χ0n) is 14.0. The Bertz CT molecular complexity index is 1010. The van der Waals surface area contributed by atoms with E-state index in [1.807, 2.05) is 30.3 Å². The summed E-state index contributed by atoms with van der Waals surface area (Å²) in [6, 6.07) is 14.0. The van der Waals surface area contributed by atoms with E-state index < -0.39 is 5.97 Å². The van der Waals surface area contributed by atoms with Crippen LogP contribution in [0.5, 0.6) is 0 Å². The number of carboxylic acid groups (broad SMARTS) is 1. The minimum atomic E-state index is -1.19. The lowest BCUT2D eigenvalue weighted by molar-refractivity contribution is -0.119. The molecule has 1 amide bonds. The van der Waals surface area contributed by atoms with E-state index in [4.69, 9.17) is 23.2 Å². The van der Waals surface area contributed by atoms with Gasteiger partial charge in [0.15, 0.2) is 5.69 Å². The number of nitrogens with one attached hydrogen (secondary N) is 2. The van der Waals surface area contributed by atoms with Gasteiger partial charge in [0.2, 0.25) is 5.91 Å². The number of hydrogen-bond donors (Lipinski definition) is 3. The molecule has 3 rings (SSSR count). The number of carbonyl (C=O) groups excluding carboxylic acids is 1. The van der Waals surface area contributed by atoms with Gasteiger partial charge in [0, 0.05) is 17.0 Å². The summed E-state index contributed by atoms with van der Waals surface area (Å²) < 4.78 is 0. The van der Waals surface area contributed by atoms with Crippen molar-refractivity contribution in [2.75, 3.05) is 11.9 Å². The molecule has 0 saturated heterocycles. The molecule has 2 aromatic carbocycles. The van der Waals surface area contributed by atoms with Gasteiger partial charge in [-0.25, -0.2) is 9.78 Å². The predicted molar refractivity (Wildman–Crippen MR) is 106 cm³/mol. The number of hydrogen-bond acceptors (Lipinski definition) is 4. The lowest BCUT2D eigenvalue weighted by atomic mass is 10.1. The van der Waals surface area contributed by atoms with Crippen molar-refractivity contribution in [3.8, 4) is 0 Å². The molecule has 0 saturated carbocycles. The molecule has 6 nitrogen and oxygen atoms in total. The number of halogens is 2. The van der Waals surface area contributed by atoms with Crippen LogP contribution in [0.25, 0.3) is 10.8 Å². The molecule has 3 aromatic rings. The van der Waals surface area contributed by atoms with Crippen molar-refractivity contribution in [1.29, 1.82) is 0 Å². The Morgan fingerprint density at radius 2 is 1.81 bits per heavy atom. The SMILES string of the molecule is O=C(CNc1nc(C(=O)O)cc2cc(Cl)cc(Cl)c12)NCc1ccccc1. The number of fused-ring (bicyclic) bond motifs is 1. The van der Waals surface area contributed by atoms with Crippen LogP contribution < -0.4 is 10.6 Å². The third kappa shape index (κ3) is 4.67. The molecule has 0 aliphatic heterocycles. The van der Waals surface area contributed by atoms with Gasteiger partial charge in [0.25, 0.3) is 0 Å². The van der Waals surface area contributed by atoms with Crippen LogP contribution in [0.15, 0.2) is 48.5 Å². The van der Waals surface area contributed by atoms with E-state index in [0.717, 1.165) is 5.56 Å². The van der Waals surface area contributed by atoms with Crippen LogP contribution in [-0.2, 0) is 11.3 Å². The summed E-state index contributed by atoms with van der Waals surface area (Å²) in [5.41, 5.74) is 0.799. The minimum Gasteiger partial charge on any atom is -0.477 e. The second-order valence-corrected chi connectivity index (χ2v) is 6.61. The van der Waals surface area contributed by atoms with Crippen molar-refractivity contribution in [3.63, 3.8) is 0 Å². The van der Waals surface area contributed by atoms with E-state index >= 15 is 0 Å². The first-order valence-electron chi connectivity index (χ1n) is 8.01. The van der Waals surface area contributed by atoms with Gasteiger partial charge >= 0.3 is 5.97 Å². The maximum absolute atomic E-state index is 12.1. The molecule has 0 spiro atoms. The van der Waals surface area contributed by atoms with Gasteiger partial charge in [-0.3, -0.25) is 4.79 Å². The Morgan fingerprint density at radius 3 is 2.52 bits per heavy atom. The van der Waals surface area contributed by atoms with Crippen molar-refractivity contribution in [3.05, 3.63) is 69.8 Å². The van der Waals surface area contributed by atoms with Crippen LogP contribution in [0.2, 0.25) is 10.0 Å². The van der Waals surface area contributed by atoms with Crippen LogP contribution in [0.3, 0.4) is 0 Å². The largest absolute Gasteiger partial charge is 0.477 e. The molecule has 1 heterocycles. The number of nitrogens with zero attached hydrogens (tertiary/aromatic N) is 1. The number of carbonyl (C=O) groups is 2. The van der Waals surface area contributed by atoms with Gasteiger partial charge in [-0.05, 0) is 29.1 Å². The average molecular weight is 404 g/mol. The van der Waals surface area contributed by atoms with Gasteiger partial charge in [-0.1, -0.05) is 53.5 Å². The fourth-order valence-corrected chi connectivity index (χ4v) is 3.17. The highest BCUT2D eigenvalue weighted by Gasteiger charge is 2.15. The summed E-state index contributed by atoms with van der Waals surface area (Å²) in [6.07, 6.45) is 0. The maximum atomic E-state index is 12.1. The number of anilines is 1. The highest BCUT2D eigenvalue weighted by atomic mass is 35.5. The van der Waals surface area contributed by atoms with E-state index in [1.54, 1.807) is 6.07 Å². The van der Waals surface area contributed by atoms with E-state index in [1.165, 1.54) is 12.1 Å². The van der Waals surface area contributed by atoms with Crippen LogP contribution in [0.4, 0.5) is 5.82 Å². The van der Waals surface area contributed by atoms with Gasteiger partial charge < -0.3 is 15.7 Å².